The molecule has 1 saturated carbocycles. The molecule has 3 N–H and O–H groups in total. The number of benzene rings is 2. The number of hydrogen-bond acceptors (Lipinski definition) is 4. The van der Waals surface area contributed by atoms with E-state index >= 15 is 0 Å². The van der Waals surface area contributed by atoms with Crippen molar-refractivity contribution in [3.8, 4) is 0 Å². The predicted octanol–water partition coefficient (Wildman–Crippen LogP) is 5.32. The minimum atomic E-state index is -0.732. The quantitative estimate of drug-likeness (QED) is 0.403. The summed E-state index contributed by atoms with van der Waals surface area (Å²) in [5, 5.41) is 14.1. The number of nitrogens with zero attached hydrogens (tertiary/aromatic N) is 2. The molecular weight excluding hydrogens is 488 g/mol. The molecule has 5 rings (SSSR count). The highest BCUT2D eigenvalue weighted by Crippen LogP contribution is 2.37. The zero-order valence-corrected chi connectivity index (χ0v) is 23.4. The molecule has 0 radical (unpaired) electrons. The number of amides is 2. The van der Waals surface area contributed by atoms with E-state index in [2.05, 4.69) is 43.0 Å². The van der Waals surface area contributed by atoms with Gasteiger partial charge in [0.2, 0.25) is 5.91 Å². The number of aliphatic hydroxyl groups is 1. The van der Waals surface area contributed by atoms with Crippen molar-refractivity contribution in [3.05, 3.63) is 83.4 Å². The van der Waals surface area contributed by atoms with E-state index in [0.717, 1.165) is 42.4 Å². The van der Waals surface area contributed by atoms with E-state index in [4.69, 9.17) is 0 Å². The summed E-state index contributed by atoms with van der Waals surface area (Å²) in [6.07, 6.45) is 6.63. The second-order valence-electron chi connectivity index (χ2n) is 12.4. The SMILES string of the molecule is CC1CCCC(C(C(=O)N[C@H]2c3ccccc3C[C@H]2O)N(C(=O)c2cnc[nH]2)c2ccc(C(C)(C)C)cc2)C1. The number of carbonyl (C=O) groups excluding carboxylic acids is 2. The van der Waals surface area contributed by atoms with Crippen LogP contribution in [0.3, 0.4) is 0 Å². The number of carbonyl (C=O) groups is 2. The Bertz CT molecular complexity index is 1300. The molecule has 1 heterocycles. The van der Waals surface area contributed by atoms with Crippen LogP contribution in [0.1, 0.15) is 86.6 Å². The van der Waals surface area contributed by atoms with Gasteiger partial charge in [0.1, 0.15) is 11.7 Å². The van der Waals surface area contributed by atoms with Gasteiger partial charge < -0.3 is 15.4 Å². The summed E-state index contributed by atoms with van der Waals surface area (Å²) >= 11 is 0. The highest BCUT2D eigenvalue weighted by Gasteiger charge is 2.42. The molecule has 39 heavy (non-hydrogen) atoms. The van der Waals surface area contributed by atoms with Gasteiger partial charge in [-0.2, -0.15) is 0 Å². The lowest BCUT2D eigenvalue weighted by molar-refractivity contribution is -0.125. The smallest absolute Gasteiger partial charge is 0.277 e. The van der Waals surface area contributed by atoms with Gasteiger partial charge in [0.05, 0.1) is 24.7 Å². The Labute approximate surface area is 231 Å². The lowest BCUT2D eigenvalue weighted by atomic mass is 9.77. The van der Waals surface area contributed by atoms with E-state index in [0.29, 0.717) is 23.7 Å². The molecule has 0 saturated heterocycles. The molecule has 0 aliphatic heterocycles. The fraction of sp³-hybridized carbons (Fsp3) is 0.469. The van der Waals surface area contributed by atoms with Crippen molar-refractivity contribution in [3.63, 3.8) is 0 Å². The zero-order chi connectivity index (χ0) is 27.7. The van der Waals surface area contributed by atoms with Crippen LogP contribution in [0.15, 0.2) is 61.1 Å². The van der Waals surface area contributed by atoms with Crippen molar-refractivity contribution in [2.75, 3.05) is 4.90 Å². The van der Waals surface area contributed by atoms with Gasteiger partial charge in [0.25, 0.3) is 5.91 Å². The summed E-state index contributed by atoms with van der Waals surface area (Å²) in [6.45, 7) is 8.68. The van der Waals surface area contributed by atoms with Crippen molar-refractivity contribution in [2.24, 2.45) is 11.8 Å². The average Bonchev–Trinajstić information content (AvgIpc) is 3.55. The third kappa shape index (κ3) is 5.64. The van der Waals surface area contributed by atoms with Crippen LogP contribution >= 0.6 is 0 Å². The molecule has 3 unspecified atom stereocenters. The van der Waals surface area contributed by atoms with Crippen molar-refractivity contribution < 1.29 is 14.7 Å². The van der Waals surface area contributed by atoms with Crippen molar-refractivity contribution in [1.82, 2.24) is 15.3 Å². The van der Waals surface area contributed by atoms with E-state index < -0.39 is 18.2 Å². The molecule has 1 aromatic heterocycles. The van der Waals surface area contributed by atoms with Crippen LogP contribution in [0.25, 0.3) is 0 Å². The first-order valence-electron chi connectivity index (χ1n) is 14.1. The number of anilines is 1. The molecule has 0 spiro atoms. The van der Waals surface area contributed by atoms with Crippen molar-refractivity contribution >= 4 is 17.5 Å². The van der Waals surface area contributed by atoms with Gasteiger partial charge in [-0.05, 0) is 58.9 Å². The molecule has 206 valence electrons. The maximum Gasteiger partial charge on any atom is 0.277 e. The van der Waals surface area contributed by atoms with Gasteiger partial charge in [-0.25, -0.2) is 4.98 Å². The minimum Gasteiger partial charge on any atom is -0.390 e. The molecular formula is C32H40N4O3. The number of aromatic amines is 1. The number of fused-ring (bicyclic) bond motifs is 1. The fourth-order valence-electron chi connectivity index (χ4n) is 6.33. The molecule has 2 aromatic carbocycles. The van der Waals surface area contributed by atoms with Crippen LogP contribution in [0.5, 0.6) is 0 Å². The Hall–Kier alpha value is -3.45. The number of hydrogen-bond donors (Lipinski definition) is 3. The standard InChI is InChI=1S/C32H40N4O3/c1-20-8-7-10-22(16-20)29(30(38)35-28-25-11-6-5-9-21(25)17-27(28)37)36(31(39)26-18-33-19-34-26)24-14-12-23(13-15-24)32(2,3)4/h5-6,9,11-15,18-20,22,27-29,37H,7-8,10,16-17H2,1-4H3,(H,33,34)(H,35,38)/t20?,22?,27-,28+,29?/m1/s1. The van der Waals surface area contributed by atoms with Gasteiger partial charge >= 0.3 is 0 Å². The third-order valence-electron chi connectivity index (χ3n) is 8.43. The van der Waals surface area contributed by atoms with Crippen LogP contribution in [0.2, 0.25) is 0 Å². The lowest BCUT2D eigenvalue weighted by Crippen LogP contribution is -2.55. The second kappa shape index (κ2) is 11.0. The summed E-state index contributed by atoms with van der Waals surface area (Å²) in [7, 11) is 0. The monoisotopic (exact) mass is 528 g/mol. The maximum absolute atomic E-state index is 14.3. The van der Waals surface area contributed by atoms with E-state index in [1.165, 1.54) is 12.5 Å². The van der Waals surface area contributed by atoms with Gasteiger partial charge in [-0.1, -0.05) is 76.9 Å². The molecule has 7 nitrogen and oxygen atoms in total. The predicted molar refractivity (Wildman–Crippen MR) is 152 cm³/mol. The van der Waals surface area contributed by atoms with E-state index in [1.807, 2.05) is 48.5 Å². The molecule has 7 heteroatoms. The second-order valence-corrected chi connectivity index (χ2v) is 12.4. The van der Waals surface area contributed by atoms with Gasteiger partial charge in [-0.15, -0.1) is 0 Å². The zero-order valence-electron chi connectivity index (χ0n) is 23.4. The van der Waals surface area contributed by atoms with Gasteiger partial charge in [-0.3, -0.25) is 14.5 Å². The molecule has 2 aliphatic rings. The normalized spacial score (nSPS) is 23.6. The van der Waals surface area contributed by atoms with Crippen LogP contribution in [-0.2, 0) is 16.6 Å². The Morgan fingerprint density at radius 1 is 1.10 bits per heavy atom. The highest BCUT2D eigenvalue weighted by molar-refractivity contribution is 6.09. The Morgan fingerprint density at radius 3 is 2.51 bits per heavy atom. The van der Waals surface area contributed by atoms with Crippen LogP contribution < -0.4 is 10.2 Å². The number of aromatic nitrogens is 2. The summed E-state index contributed by atoms with van der Waals surface area (Å²) in [5.41, 5.74) is 4.10. The topological polar surface area (TPSA) is 98.3 Å². The van der Waals surface area contributed by atoms with Crippen LogP contribution in [-0.4, -0.2) is 39.0 Å². The van der Waals surface area contributed by atoms with E-state index in [-0.39, 0.29) is 23.1 Å². The number of rotatable bonds is 6. The summed E-state index contributed by atoms with van der Waals surface area (Å²) < 4.78 is 0. The fourth-order valence-corrected chi connectivity index (χ4v) is 6.33. The average molecular weight is 529 g/mol. The lowest BCUT2D eigenvalue weighted by Gasteiger charge is -2.40. The Morgan fingerprint density at radius 2 is 1.85 bits per heavy atom. The third-order valence-corrected chi connectivity index (χ3v) is 8.43. The number of nitrogens with one attached hydrogen (secondary N) is 2. The molecule has 0 bridgehead atoms. The first-order valence-corrected chi connectivity index (χ1v) is 14.1. The summed E-state index contributed by atoms with van der Waals surface area (Å²) in [6, 6.07) is 14.6. The van der Waals surface area contributed by atoms with E-state index in [1.54, 1.807) is 4.90 Å². The first-order chi connectivity index (χ1) is 18.6. The largest absolute Gasteiger partial charge is 0.390 e. The van der Waals surface area contributed by atoms with E-state index in [9.17, 15) is 14.7 Å². The molecule has 2 amide bonds. The number of imidazole rings is 1. The highest BCUT2D eigenvalue weighted by atomic mass is 16.3. The van der Waals surface area contributed by atoms with Crippen LogP contribution in [0, 0.1) is 11.8 Å². The van der Waals surface area contributed by atoms with Crippen molar-refractivity contribution in [1.29, 1.82) is 0 Å². The molecule has 5 atom stereocenters. The van der Waals surface area contributed by atoms with Crippen LogP contribution in [0.4, 0.5) is 5.69 Å². The maximum atomic E-state index is 14.3. The molecule has 2 aliphatic carbocycles. The Balaban J connectivity index is 1.56. The number of H-pyrrole nitrogens is 1. The molecule has 3 aromatic rings. The molecule has 1 fully saturated rings. The Kier molecular flexibility index (Phi) is 7.63. The van der Waals surface area contributed by atoms with Gasteiger partial charge in [0.15, 0.2) is 0 Å². The number of aliphatic hydroxyl groups excluding tert-OH is 1. The van der Waals surface area contributed by atoms with Gasteiger partial charge in [0, 0.05) is 12.1 Å². The minimum absolute atomic E-state index is 0.0169. The summed E-state index contributed by atoms with van der Waals surface area (Å²) in [4.78, 5) is 37.1. The summed E-state index contributed by atoms with van der Waals surface area (Å²) in [5.74, 6) is -0.0784. The first kappa shape index (κ1) is 27.1. The van der Waals surface area contributed by atoms with Crippen molar-refractivity contribution in [2.45, 2.75) is 83.4 Å².